The summed E-state index contributed by atoms with van der Waals surface area (Å²) in [6.45, 7) is 1.38. The average molecular weight is 263 g/mol. The van der Waals surface area contributed by atoms with Gasteiger partial charge in [-0.3, -0.25) is 4.79 Å². The quantitative estimate of drug-likeness (QED) is 0.781. The fraction of sp³-hybridized carbons (Fsp3) is 0.800. The molecule has 0 aromatic carbocycles. The van der Waals surface area contributed by atoms with Crippen LogP contribution in [-0.2, 0) is 19.4 Å². The molecule has 0 aromatic heterocycles. The van der Waals surface area contributed by atoms with Gasteiger partial charge in [0.25, 0.3) is 0 Å². The summed E-state index contributed by atoms with van der Waals surface area (Å²) in [5.41, 5.74) is 0. The minimum atomic E-state index is -2.96. The summed E-state index contributed by atoms with van der Waals surface area (Å²) >= 11 is 0. The summed E-state index contributed by atoms with van der Waals surface area (Å²) in [6.07, 6.45) is 0.131. The van der Waals surface area contributed by atoms with Gasteiger partial charge >= 0.3 is 6.09 Å². The van der Waals surface area contributed by atoms with Gasteiger partial charge in [0.2, 0.25) is 0 Å². The zero-order valence-corrected chi connectivity index (χ0v) is 10.7. The number of hydrogen-bond acceptors (Lipinski definition) is 5. The minimum absolute atomic E-state index is 0.0737. The van der Waals surface area contributed by atoms with E-state index in [1.807, 2.05) is 0 Å². The van der Waals surface area contributed by atoms with Crippen molar-refractivity contribution >= 4 is 21.7 Å². The predicted molar refractivity (Wildman–Crippen MR) is 61.4 cm³/mol. The van der Waals surface area contributed by atoms with Crippen LogP contribution < -0.4 is 5.32 Å². The summed E-state index contributed by atoms with van der Waals surface area (Å²) in [5.74, 6) is -0.163. The molecule has 1 N–H and O–H groups in total. The van der Waals surface area contributed by atoms with Gasteiger partial charge < -0.3 is 10.1 Å². The van der Waals surface area contributed by atoms with Crippen LogP contribution in [-0.4, -0.2) is 45.0 Å². The number of carbonyl (C=O) groups is 2. The topological polar surface area (TPSA) is 89.5 Å². The van der Waals surface area contributed by atoms with E-state index < -0.39 is 22.0 Å². The van der Waals surface area contributed by atoms with E-state index in [9.17, 15) is 18.0 Å². The Bertz CT molecular complexity index is 389. The summed E-state index contributed by atoms with van der Waals surface area (Å²) in [7, 11) is -1.74. The Kier molecular flexibility index (Phi) is 4.50. The number of hydrogen-bond donors (Lipinski definition) is 1. The number of methoxy groups -OCH3 is 1. The highest BCUT2D eigenvalue weighted by atomic mass is 32.2. The number of ether oxygens (including phenoxy) is 1. The van der Waals surface area contributed by atoms with Gasteiger partial charge in [-0.15, -0.1) is 0 Å². The lowest BCUT2D eigenvalue weighted by molar-refractivity contribution is -0.120. The maximum atomic E-state index is 11.4. The van der Waals surface area contributed by atoms with Crippen molar-refractivity contribution in [2.45, 2.75) is 25.8 Å². The summed E-state index contributed by atoms with van der Waals surface area (Å²) < 4.78 is 27.0. The maximum Gasteiger partial charge on any atom is 0.407 e. The highest BCUT2D eigenvalue weighted by Gasteiger charge is 2.33. The van der Waals surface area contributed by atoms with E-state index in [1.54, 1.807) is 0 Å². The van der Waals surface area contributed by atoms with E-state index >= 15 is 0 Å². The molecule has 0 radical (unpaired) electrons. The Morgan fingerprint density at radius 3 is 2.24 bits per heavy atom. The molecule has 0 saturated carbocycles. The van der Waals surface area contributed by atoms with Crippen molar-refractivity contribution in [1.29, 1.82) is 0 Å². The molecule has 1 amide bonds. The van der Waals surface area contributed by atoms with Gasteiger partial charge in [-0.05, 0) is 25.7 Å². The Labute approximate surface area is 101 Å². The number of nitrogens with one attached hydrogen (secondary N) is 1. The largest absolute Gasteiger partial charge is 0.453 e. The van der Waals surface area contributed by atoms with Crippen molar-refractivity contribution in [2.75, 3.05) is 18.6 Å². The van der Waals surface area contributed by atoms with Gasteiger partial charge in [-0.1, -0.05) is 0 Å². The standard InChI is InChI=1S/C10H17NO5S/c1-7(12)9(11-10(13)16-2)8-3-5-17(14,15)6-4-8/h8-9H,3-6H2,1-2H3,(H,11,13)/t9-/m1/s1. The SMILES string of the molecule is COC(=O)N[C@H](C(C)=O)C1CCS(=O)(=O)CC1. The smallest absolute Gasteiger partial charge is 0.407 e. The first-order valence-corrected chi connectivity index (χ1v) is 7.23. The average Bonchev–Trinajstić information content (AvgIpc) is 2.26. The number of rotatable bonds is 3. The third kappa shape index (κ3) is 3.99. The van der Waals surface area contributed by atoms with Gasteiger partial charge in [0.05, 0.1) is 24.7 Å². The van der Waals surface area contributed by atoms with E-state index in [0.717, 1.165) is 0 Å². The highest BCUT2D eigenvalue weighted by Crippen LogP contribution is 2.22. The molecule has 1 aliphatic rings. The van der Waals surface area contributed by atoms with E-state index in [4.69, 9.17) is 0 Å². The van der Waals surface area contributed by atoms with Crippen molar-refractivity contribution in [3.8, 4) is 0 Å². The van der Waals surface area contributed by atoms with Crippen molar-refractivity contribution in [3.05, 3.63) is 0 Å². The second-order valence-electron chi connectivity index (χ2n) is 4.21. The Morgan fingerprint density at radius 1 is 1.29 bits per heavy atom. The van der Waals surface area contributed by atoms with E-state index in [1.165, 1.54) is 14.0 Å². The molecule has 7 heteroatoms. The van der Waals surface area contributed by atoms with Crippen molar-refractivity contribution in [2.24, 2.45) is 5.92 Å². The highest BCUT2D eigenvalue weighted by molar-refractivity contribution is 7.91. The minimum Gasteiger partial charge on any atom is -0.453 e. The summed E-state index contributed by atoms with van der Waals surface area (Å²) in [5, 5.41) is 2.46. The van der Waals surface area contributed by atoms with Gasteiger partial charge in [0, 0.05) is 0 Å². The molecule has 1 atom stereocenters. The first-order chi connectivity index (χ1) is 7.85. The van der Waals surface area contributed by atoms with E-state index in [0.29, 0.717) is 12.8 Å². The number of sulfone groups is 1. The molecular formula is C10H17NO5S. The predicted octanol–water partition coefficient (Wildman–Crippen LogP) is 0.125. The first kappa shape index (κ1) is 14.0. The van der Waals surface area contributed by atoms with Crippen LogP contribution >= 0.6 is 0 Å². The zero-order chi connectivity index (χ0) is 13.1. The zero-order valence-electron chi connectivity index (χ0n) is 9.93. The van der Waals surface area contributed by atoms with Gasteiger partial charge in [-0.2, -0.15) is 0 Å². The monoisotopic (exact) mass is 263 g/mol. The van der Waals surface area contributed by atoms with Crippen molar-refractivity contribution < 1.29 is 22.7 Å². The number of alkyl carbamates (subject to hydrolysis) is 1. The molecular weight excluding hydrogens is 246 g/mol. The van der Waals surface area contributed by atoms with Crippen LogP contribution in [0, 0.1) is 5.92 Å². The molecule has 1 fully saturated rings. The molecule has 1 heterocycles. The Hall–Kier alpha value is -1.11. The van der Waals surface area contributed by atoms with Gasteiger partial charge in [0.1, 0.15) is 9.84 Å². The molecule has 1 aliphatic heterocycles. The molecule has 0 unspecified atom stereocenters. The molecule has 1 saturated heterocycles. The Morgan fingerprint density at radius 2 is 1.82 bits per heavy atom. The lowest BCUT2D eigenvalue weighted by Crippen LogP contribution is -2.47. The number of Topliss-reactive ketones (excluding diaryl/α,β-unsaturated/α-hetero) is 1. The normalized spacial score (nSPS) is 21.5. The summed E-state index contributed by atoms with van der Waals surface area (Å²) in [4.78, 5) is 22.5. The molecule has 0 aliphatic carbocycles. The van der Waals surface area contributed by atoms with Crippen LogP contribution in [0.4, 0.5) is 4.79 Å². The second-order valence-corrected chi connectivity index (χ2v) is 6.52. The summed E-state index contributed by atoms with van der Waals surface area (Å²) in [6, 6.07) is -0.655. The molecule has 0 aromatic rings. The van der Waals surface area contributed by atoms with Crippen LogP contribution in [0.25, 0.3) is 0 Å². The van der Waals surface area contributed by atoms with Crippen molar-refractivity contribution in [1.82, 2.24) is 5.32 Å². The molecule has 6 nitrogen and oxygen atoms in total. The van der Waals surface area contributed by atoms with Crippen LogP contribution in [0.3, 0.4) is 0 Å². The molecule has 0 spiro atoms. The molecule has 0 bridgehead atoms. The van der Waals surface area contributed by atoms with Crippen molar-refractivity contribution in [3.63, 3.8) is 0 Å². The van der Waals surface area contributed by atoms with Crippen LogP contribution in [0.1, 0.15) is 19.8 Å². The lowest BCUT2D eigenvalue weighted by atomic mass is 9.91. The molecule has 98 valence electrons. The number of carbonyl (C=O) groups excluding carboxylic acids is 2. The van der Waals surface area contributed by atoms with Crippen LogP contribution in [0.15, 0.2) is 0 Å². The molecule has 17 heavy (non-hydrogen) atoms. The first-order valence-electron chi connectivity index (χ1n) is 5.41. The fourth-order valence-electron chi connectivity index (χ4n) is 1.98. The number of amides is 1. The number of ketones is 1. The van der Waals surface area contributed by atoms with Gasteiger partial charge in [0.15, 0.2) is 5.78 Å². The van der Waals surface area contributed by atoms with Gasteiger partial charge in [-0.25, -0.2) is 13.2 Å². The van der Waals surface area contributed by atoms with E-state index in [-0.39, 0.29) is 23.2 Å². The Balaban J connectivity index is 2.67. The van der Waals surface area contributed by atoms with E-state index in [2.05, 4.69) is 10.1 Å². The lowest BCUT2D eigenvalue weighted by Gasteiger charge is -2.28. The maximum absolute atomic E-state index is 11.4. The fourth-order valence-corrected chi connectivity index (χ4v) is 3.51. The third-order valence-corrected chi connectivity index (χ3v) is 4.68. The van der Waals surface area contributed by atoms with Crippen LogP contribution in [0.2, 0.25) is 0 Å². The molecule has 1 rings (SSSR count). The second kappa shape index (κ2) is 5.48. The third-order valence-electron chi connectivity index (χ3n) is 2.97. The van der Waals surface area contributed by atoms with Crippen LogP contribution in [0.5, 0.6) is 0 Å².